The van der Waals surface area contributed by atoms with E-state index in [1.807, 2.05) is 12.1 Å². The Labute approximate surface area is 94.8 Å². The van der Waals surface area contributed by atoms with E-state index in [0.29, 0.717) is 12.8 Å². The third-order valence-corrected chi connectivity index (χ3v) is 4.00. The molecule has 0 bridgehead atoms. The van der Waals surface area contributed by atoms with Crippen molar-refractivity contribution in [1.29, 1.82) is 0 Å². The Bertz CT molecular complexity index is 378. The predicted octanol–water partition coefficient (Wildman–Crippen LogP) is 2.82. The zero-order valence-electron chi connectivity index (χ0n) is 8.33. The van der Waals surface area contributed by atoms with Crippen LogP contribution in [0.2, 0.25) is 0 Å². The molecule has 0 amide bonds. The zero-order chi connectivity index (χ0) is 11.8. The van der Waals surface area contributed by atoms with Gasteiger partial charge in [-0.25, -0.2) is 0 Å². The monoisotopic (exact) mass is 247 g/mol. The number of fused-ring (bicyclic) bond motifs is 1. The van der Waals surface area contributed by atoms with Gasteiger partial charge in [0.15, 0.2) is 0 Å². The van der Waals surface area contributed by atoms with Crippen molar-refractivity contribution in [3.63, 3.8) is 0 Å². The summed E-state index contributed by atoms with van der Waals surface area (Å²) >= 11 is -2.79. The van der Waals surface area contributed by atoms with Gasteiger partial charge < -0.3 is 4.55 Å². The van der Waals surface area contributed by atoms with E-state index >= 15 is 0 Å². The standard InChI is InChI=1S/C11H10F3OS/c12-11(13,14)16(15)10-6-5-8-3-1-2-4-9(8)7-10/h1-4,7,10H,5-6H2. The van der Waals surface area contributed by atoms with Crippen molar-refractivity contribution in [3.8, 4) is 0 Å². The van der Waals surface area contributed by atoms with Crippen LogP contribution in [0.5, 0.6) is 0 Å². The Morgan fingerprint density at radius 1 is 1.25 bits per heavy atom. The van der Waals surface area contributed by atoms with Gasteiger partial charge in [-0.05, 0) is 24.0 Å². The van der Waals surface area contributed by atoms with Crippen molar-refractivity contribution in [1.82, 2.24) is 0 Å². The Morgan fingerprint density at radius 3 is 2.62 bits per heavy atom. The molecular formula is C11H10F3OS. The average molecular weight is 247 g/mol. The molecule has 0 saturated heterocycles. The van der Waals surface area contributed by atoms with Gasteiger partial charge in [0.25, 0.3) is 0 Å². The molecule has 16 heavy (non-hydrogen) atoms. The first-order valence-electron chi connectivity index (χ1n) is 4.88. The molecule has 5 heteroatoms. The van der Waals surface area contributed by atoms with E-state index in [9.17, 15) is 17.7 Å². The molecule has 2 rings (SSSR count). The molecule has 0 fully saturated rings. The maximum Gasteiger partial charge on any atom is 0.572 e. The van der Waals surface area contributed by atoms with E-state index in [-0.39, 0.29) is 0 Å². The first-order valence-corrected chi connectivity index (χ1v) is 6.10. The largest absolute Gasteiger partial charge is 0.609 e. The summed E-state index contributed by atoms with van der Waals surface area (Å²) in [6, 6.07) is 7.27. The number of hydrogen-bond donors (Lipinski definition) is 0. The molecule has 1 aliphatic rings. The van der Waals surface area contributed by atoms with Crippen molar-refractivity contribution >= 4 is 11.2 Å². The third kappa shape index (κ3) is 2.35. The van der Waals surface area contributed by atoms with E-state index in [0.717, 1.165) is 11.1 Å². The Hall–Kier alpha value is -0.680. The Kier molecular flexibility index (Phi) is 3.17. The molecule has 1 aromatic carbocycles. The second-order valence-corrected chi connectivity index (χ2v) is 5.35. The quantitative estimate of drug-likeness (QED) is 0.700. The molecule has 0 aromatic heterocycles. The molecule has 0 heterocycles. The summed E-state index contributed by atoms with van der Waals surface area (Å²) in [4.78, 5) is 0. The van der Waals surface area contributed by atoms with Gasteiger partial charge in [0.2, 0.25) is 0 Å². The Morgan fingerprint density at radius 2 is 1.94 bits per heavy atom. The highest BCUT2D eigenvalue weighted by Crippen LogP contribution is 2.34. The van der Waals surface area contributed by atoms with Crippen molar-refractivity contribution in [2.24, 2.45) is 0 Å². The fourth-order valence-electron chi connectivity index (χ4n) is 1.85. The average Bonchev–Trinajstić information content (AvgIpc) is 2.26. The van der Waals surface area contributed by atoms with E-state index in [4.69, 9.17) is 0 Å². The van der Waals surface area contributed by atoms with Gasteiger partial charge in [0.05, 0.1) is 11.2 Å². The first-order chi connectivity index (χ1) is 7.48. The lowest BCUT2D eigenvalue weighted by Gasteiger charge is -2.26. The SMILES string of the molecule is [O-][S+](C1[CH]c2ccccc2CC1)C(F)(F)F. The summed E-state index contributed by atoms with van der Waals surface area (Å²) in [5, 5.41) is -0.908. The molecular weight excluding hydrogens is 237 g/mol. The van der Waals surface area contributed by atoms with Crippen LogP contribution >= 0.6 is 0 Å². The minimum Gasteiger partial charge on any atom is -0.609 e. The predicted molar refractivity (Wildman–Crippen MR) is 56.2 cm³/mol. The molecule has 1 radical (unpaired) electrons. The Balaban J connectivity index is 2.14. The van der Waals surface area contributed by atoms with Gasteiger partial charge in [-0.3, -0.25) is 0 Å². The van der Waals surface area contributed by atoms with Crippen LogP contribution in [0.25, 0.3) is 0 Å². The third-order valence-electron chi connectivity index (χ3n) is 2.62. The van der Waals surface area contributed by atoms with Crippen LogP contribution in [0, 0.1) is 6.42 Å². The van der Waals surface area contributed by atoms with Crippen LogP contribution < -0.4 is 0 Å². The van der Waals surface area contributed by atoms with Crippen molar-refractivity contribution in [3.05, 3.63) is 41.8 Å². The summed E-state index contributed by atoms with van der Waals surface area (Å²) in [6.07, 6.45) is 2.32. The van der Waals surface area contributed by atoms with Gasteiger partial charge in [-0.15, -0.1) is 13.2 Å². The van der Waals surface area contributed by atoms with E-state index in [2.05, 4.69) is 0 Å². The molecule has 0 spiro atoms. The highest BCUT2D eigenvalue weighted by molar-refractivity contribution is 7.93. The first kappa shape index (κ1) is 11.8. The molecule has 2 atom stereocenters. The highest BCUT2D eigenvalue weighted by Gasteiger charge is 2.49. The van der Waals surface area contributed by atoms with Gasteiger partial charge in [-0.2, -0.15) is 0 Å². The van der Waals surface area contributed by atoms with Crippen molar-refractivity contribution in [2.45, 2.75) is 23.6 Å². The second kappa shape index (κ2) is 4.30. The van der Waals surface area contributed by atoms with Crippen LogP contribution in [0.4, 0.5) is 13.2 Å². The lowest BCUT2D eigenvalue weighted by Crippen LogP contribution is -2.36. The summed E-state index contributed by atoms with van der Waals surface area (Å²) in [6.45, 7) is 0. The molecule has 1 nitrogen and oxygen atoms in total. The fraction of sp³-hybridized carbons (Fsp3) is 0.364. The zero-order valence-corrected chi connectivity index (χ0v) is 9.15. The van der Waals surface area contributed by atoms with Gasteiger partial charge in [-0.1, -0.05) is 24.3 Å². The normalized spacial score (nSPS) is 22.6. The highest BCUT2D eigenvalue weighted by atomic mass is 32.2. The molecule has 0 saturated carbocycles. The lowest BCUT2D eigenvalue weighted by atomic mass is 9.92. The summed E-state index contributed by atoms with van der Waals surface area (Å²) in [7, 11) is 0. The number of halogens is 3. The molecule has 1 aliphatic carbocycles. The van der Waals surface area contributed by atoms with E-state index < -0.39 is 21.9 Å². The van der Waals surface area contributed by atoms with Crippen LogP contribution in [-0.2, 0) is 17.6 Å². The topological polar surface area (TPSA) is 23.1 Å². The van der Waals surface area contributed by atoms with E-state index in [1.165, 1.54) is 6.42 Å². The summed E-state index contributed by atoms with van der Waals surface area (Å²) < 4.78 is 48.1. The minimum absolute atomic E-state index is 0.295. The van der Waals surface area contributed by atoms with Gasteiger partial charge in [0, 0.05) is 6.42 Å². The maximum atomic E-state index is 12.3. The number of rotatable bonds is 1. The van der Waals surface area contributed by atoms with Crippen LogP contribution in [-0.4, -0.2) is 15.3 Å². The molecule has 0 aliphatic heterocycles. The van der Waals surface area contributed by atoms with Crippen molar-refractivity contribution < 1.29 is 17.7 Å². The molecule has 0 N–H and O–H groups in total. The maximum absolute atomic E-state index is 12.3. The second-order valence-electron chi connectivity index (χ2n) is 3.69. The van der Waals surface area contributed by atoms with Gasteiger partial charge in [0.1, 0.15) is 5.25 Å². The number of aryl methyl sites for hydroxylation is 1. The minimum atomic E-state index is -4.62. The summed E-state index contributed by atoms with van der Waals surface area (Å²) in [5.74, 6) is 0. The van der Waals surface area contributed by atoms with E-state index in [1.54, 1.807) is 12.1 Å². The number of hydrogen-bond acceptors (Lipinski definition) is 1. The lowest BCUT2D eigenvalue weighted by molar-refractivity contribution is -0.0442. The molecule has 87 valence electrons. The van der Waals surface area contributed by atoms with Crippen LogP contribution in [0.15, 0.2) is 24.3 Å². The summed E-state index contributed by atoms with van der Waals surface area (Å²) in [5.41, 5.74) is -2.82. The van der Waals surface area contributed by atoms with Crippen LogP contribution in [0.1, 0.15) is 17.5 Å². The smallest absolute Gasteiger partial charge is 0.572 e. The molecule has 2 unspecified atom stereocenters. The van der Waals surface area contributed by atoms with Crippen molar-refractivity contribution in [2.75, 3.05) is 0 Å². The molecule has 1 aromatic rings. The van der Waals surface area contributed by atoms with Crippen LogP contribution in [0.3, 0.4) is 0 Å². The van der Waals surface area contributed by atoms with Gasteiger partial charge >= 0.3 is 5.51 Å². The number of benzene rings is 1. The fourth-order valence-corrected chi connectivity index (χ4v) is 2.79. The number of alkyl halides is 3.